The normalized spacial score (nSPS) is 10.4. The predicted molar refractivity (Wildman–Crippen MR) is 85.9 cm³/mol. The lowest BCUT2D eigenvalue weighted by molar-refractivity contribution is 0.0832. The quantitative estimate of drug-likeness (QED) is 0.715. The lowest BCUT2D eigenvalue weighted by Crippen LogP contribution is -2.41. The molecule has 0 saturated carbocycles. The molecule has 0 unspecified atom stereocenters. The highest BCUT2D eigenvalue weighted by Gasteiger charge is 2.17. The summed E-state index contributed by atoms with van der Waals surface area (Å²) in [4.78, 5) is 28.6. The first-order chi connectivity index (χ1) is 11.5. The highest BCUT2D eigenvalue weighted by Crippen LogP contribution is 2.27. The number of aryl methyl sites for hydroxylation is 1. The monoisotopic (exact) mass is 345 g/mol. The highest BCUT2D eigenvalue weighted by molar-refractivity contribution is 7.17. The molecule has 2 amide bonds. The Hall–Kier alpha value is -3.00. The Morgan fingerprint density at radius 2 is 1.83 bits per heavy atom. The second-order valence-corrected chi connectivity index (χ2v) is 5.83. The van der Waals surface area contributed by atoms with Gasteiger partial charge in [-0.25, -0.2) is 9.37 Å². The standard InChI is InChI=1S/C16H12FN3O3S/c1-9-13(15(22)20-19-14(21)12-3-2-8-23-12)24-16(18-9)10-4-6-11(17)7-5-10/h2-8H,1H3,(H,19,21)(H,20,22). The number of carbonyl (C=O) groups is 2. The summed E-state index contributed by atoms with van der Waals surface area (Å²) < 4.78 is 17.9. The van der Waals surface area contributed by atoms with E-state index >= 15 is 0 Å². The Bertz CT molecular complexity index is 873. The molecule has 0 atom stereocenters. The van der Waals surface area contributed by atoms with Crippen molar-refractivity contribution in [3.05, 3.63) is 64.8 Å². The van der Waals surface area contributed by atoms with E-state index in [0.29, 0.717) is 21.1 Å². The summed E-state index contributed by atoms with van der Waals surface area (Å²) in [5, 5.41) is 0.593. The molecular formula is C16H12FN3O3S. The van der Waals surface area contributed by atoms with E-state index < -0.39 is 11.8 Å². The van der Waals surface area contributed by atoms with Crippen LogP contribution >= 0.6 is 11.3 Å². The van der Waals surface area contributed by atoms with E-state index in [9.17, 15) is 14.0 Å². The lowest BCUT2D eigenvalue weighted by atomic mass is 10.2. The van der Waals surface area contributed by atoms with Crippen LogP contribution in [0.2, 0.25) is 0 Å². The number of rotatable bonds is 3. The van der Waals surface area contributed by atoms with Gasteiger partial charge in [-0.05, 0) is 43.3 Å². The summed E-state index contributed by atoms with van der Waals surface area (Å²) in [6.07, 6.45) is 1.36. The minimum Gasteiger partial charge on any atom is -0.459 e. The minimum absolute atomic E-state index is 0.0864. The van der Waals surface area contributed by atoms with Crippen LogP contribution in [0.1, 0.15) is 25.9 Å². The number of nitrogens with zero attached hydrogens (tertiary/aromatic N) is 1. The number of furan rings is 1. The first-order valence-corrected chi connectivity index (χ1v) is 7.74. The van der Waals surface area contributed by atoms with Gasteiger partial charge in [-0.1, -0.05) is 0 Å². The summed E-state index contributed by atoms with van der Waals surface area (Å²) >= 11 is 1.16. The molecule has 0 saturated heterocycles. The number of halogens is 1. The van der Waals surface area contributed by atoms with E-state index in [1.54, 1.807) is 25.1 Å². The van der Waals surface area contributed by atoms with Gasteiger partial charge in [0.25, 0.3) is 5.91 Å². The summed E-state index contributed by atoms with van der Waals surface area (Å²) in [6.45, 7) is 1.69. The third-order valence-electron chi connectivity index (χ3n) is 3.13. The van der Waals surface area contributed by atoms with Crippen molar-refractivity contribution in [1.29, 1.82) is 0 Å². The van der Waals surface area contributed by atoms with Crippen LogP contribution in [0.25, 0.3) is 10.6 Å². The Morgan fingerprint density at radius 1 is 1.12 bits per heavy atom. The first kappa shape index (κ1) is 15.9. The van der Waals surface area contributed by atoms with Gasteiger partial charge in [-0.15, -0.1) is 11.3 Å². The Balaban J connectivity index is 1.71. The van der Waals surface area contributed by atoms with Crippen molar-refractivity contribution in [3.63, 3.8) is 0 Å². The van der Waals surface area contributed by atoms with Crippen molar-refractivity contribution >= 4 is 23.2 Å². The van der Waals surface area contributed by atoms with Gasteiger partial charge in [0.1, 0.15) is 15.7 Å². The Kier molecular flexibility index (Phi) is 4.39. The van der Waals surface area contributed by atoms with Crippen LogP contribution in [0.5, 0.6) is 0 Å². The van der Waals surface area contributed by atoms with E-state index in [1.165, 1.54) is 24.5 Å². The third-order valence-corrected chi connectivity index (χ3v) is 4.33. The fourth-order valence-corrected chi connectivity index (χ4v) is 2.93. The van der Waals surface area contributed by atoms with Crippen molar-refractivity contribution in [2.75, 3.05) is 0 Å². The maximum atomic E-state index is 13.0. The minimum atomic E-state index is -0.561. The smallest absolute Gasteiger partial charge is 0.305 e. The molecule has 6 nitrogen and oxygen atoms in total. The van der Waals surface area contributed by atoms with E-state index in [-0.39, 0.29) is 11.6 Å². The lowest BCUT2D eigenvalue weighted by Gasteiger charge is -2.04. The average molecular weight is 345 g/mol. The molecule has 2 N–H and O–H groups in total. The molecule has 122 valence electrons. The van der Waals surface area contributed by atoms with E-state index in [2.05, 4.69) is 15.8 Å². The fourth-order valence-electron chi connectivity index (χ4n) is 1.96. The maximum Gasteiger partial charge on any atom is 0.305 e. The molecule has 24 heavy (non-hydrogen) atoms. The summed E-state index contributed by atoms with van der Waals surface area (Å²) in [6, 6.07) is 8.89. The largest absolute Gasteiger partial charge is 0.459 e. The molecule has 1 aromatic carbocycles. The molecular weight excluding hydrogens is 333 g/mol. The second-order valence-electron chi connectivity index (χ2n) is 4.83. The van der Waals surface area contributed by atoms with Gasteiger partial charge in [-0.2, -0.15) is 0 Å². The van der Waals surface area contributed by atoms with Crippen molar-refractivity contribution < 1.29 is 18.4 Å². The topological polar surface area (TPSA) is 84.2 Å². The SMILES string of the molecule is Cc1nc(-c2ccc(F)cc2)sc1C(=O)NNC(=O)c1ccco1. The zero-order chi connectivity index (χ0) is 17.1. The number of hydrogen-bond donors (Lipinski definition) is 2. The average Bonchev–Trinajstić information content (AvgIpc) is 3.23. The Morgan fingerprint density at radius 3 is 2.50 bits per heavy atom. The third kappa shape index (κ3) is 3.33. The second kappa shape index (κ2) is 6.63. The van der Waals surface area contributed by atoms with E-state index in [1.807, 2.05) is 0 Å². The number of carbonyl (C=O) groups excluding carboxylic acids is 2. The summed E-state index contributed by atoms with van der Waals surface area (Å²) in [7, 11) is 0. The van der Waals surface area contributed by atoms with Gasteiger partial charge >= 0.3 is 5.91 Å². The maximum absolute atomic E-state index is 13.0. The first-order valence-electron chi connectivity index (χ1n) is 6.92. The molecule has 0 bridgehead atoms. The van der Waals surface area contributed by atoms with Crippen LogP contribution in [0.15, 0.2) is 47.1 Å². The van der Waals surface area contributed by atoms with Crippen LogP contribution in [0.3, 0.4) is 0 Å². The number of nitrogens with one attached hydrogen (secondary N) is 2. The zero-order valence-electron chi connectivity index (χ0n) is 12.5. The van der Waals surface area contributed by atoms with Crippen LogP contribution in [0.4, 0.5) is 4.39 Å². The van der Waals surface area contributed by atoms with Gasteiger partial charge in [0.15, 0.2) is 5.76 Å². The number of benzene rings is 1. The van der Waals surface area contributed by atoms with Crippen molar-refractivity contribution in [1.82, 2.24) is 15.8 Å². The van der Waals surface area contributed by atoms with Gasteiger partial charge in [0, 0.05) is 5.56 Å². The molecule has 3 aromatic rings. The summed E-state index contributed by atoms with van der Waals surface area (Å²) in [5.41, 5.74) is 5.81. The van der Waals surface area contributed by atoms with Gasteiger partial charge in [0.2, 0.25) is 0 Å². The number of hydrazine groups is 1. The molecule has 8 heteroatoms. The van der Waals surface area contributed by atoms with Crippen molar-refractivity contribution in [3.8, 4) is 10.6 Å². The van der Waals surface area contributed by atoms with Crippen molar-refractivity contribution in [2.45, 2.75) is 6.92 Å². The molecule has 0 radical (unpaired) electrons. The predicted octanol–water partition coefficient (Wildman–Crippen LogP) is 2.93. The molecule has 0 spiro atoms. The number of hydrogen-bond acceptors (Lipinski definition) is 5. The fraction of sp³-hybridized carbons (Fsp3) is 0.0625. The van der Waals surface area contributed by atoms with Crippen LogP contribution < -0.4 is 10.9 Å². The van der Waals surface area contributed by atoms with Crippen LogP contribution in [-0.4, -0.2) is 16.8 Å². The molecule has 2 heterocycles. The molecule has 2 aromatic heterocycles. The van der Waals surface area contributed by atoms with Gasteiger partial charge in [-0.3, -0.25) is 20.4 Å². The van der Waals surface area contributed by atoms with E-state index in [4.69, 9.17) is 4.42 Å². The summed E-state index contributed by atoms with van der Waals surface area (Å²) in [5.74, 6) is -1.30. The van der Waals surface area contributed by atoms with E-state index in [0.717, 1.165) is 11.3 Å². The number of thiazole rings is 1. The molecule has 0 aliphatic rings. The number of aromatic nitrogens is 1. The highest BCUT2D eigenvalue weighted by atomic mass is 32.1. The van der Waals surface area contributed by atoms with Crippen LogP contribution in [0, 0.1) is 12.7 Å². The molecule has 0 aliphatic heterocycles. The van der Waals surface area contributed by atoms with Gasteiger partial charge < -0.3 is 4.42 Å². The number of amides is 2. The van der Waals surface area contributed by atoms with Gasteiger partial charge in [0.05, 0.1) is 12.0 Å². The molecule has 0 fully saturated rings. The zero-order valence-corrected chi connectivity index (χ0v) is 13.3. The van der Waals surface area contributed by atoms with Crippen LogP contribution in [-0.2, 0) is 0 Å². The Labute approximate surface area is 140 Å². The van der Waals surface area contributed by atoms with Crippen molar-refractivity contribution in [2.24, 2.45) is 0 Å². The molecule has 3 rings (SSSR count). The molecule has 0 aliphatic carbocycles.